The van der Waals surface area contributed by atoms with E-state index in [1.807, 2.05) is 12.4 Å². The fraction of sp³-hybridized carbons (Fsp3) is 0.375. The molecule has 0 aromatic carbocycles. The third-order valence-electron chi connectivity index (χ3n) is 5.09. The molecule has 0 radical (unpaired) electrons. The molecule has 5 heterocycles. The van der Waals surface area contributed by atoms with Gasteiger partial charge >= 0.3 is 0 Å². The van der Waals surface area contributed by atoms with Crippen molar-refractivity contribution in [3.63, 3.8) is 0 Å². The summed E-state index contributed by atoms with van der Waals surface area (Å²) in [5.41, 5.74) is 6.06. The molecule has 106 valence electrons. The van der Waals surface area contributed by atoms with E-state index in [1.165, 1.54) is 23.1 Å². The van der Waals surface area contributed by atoms with Gasteiger partial charge in [0, 0.05) is 54.1 Å². The number of rotatable bonds is 1. The molecule has 5 nitrogen and oxygen atoms in total. The monoisotopic (exact) mass is 279 g/mol. The lowest BCUT2D eigenvalue weighted by Gasteiger charge is -2.38. The fourth-order valence-corrected chi connectivity index (χ4v) is 3.66. The van der Waals surface area contributed by atoms with E-state index < -0.39 is 0 Å². The van der Waals surface area contributed by atoms with Gasteiger partial charge in [-0.2, -0.15) is 5.10 Å². The molecule has 2 N–H and O–H groups in total. The SMILES string of the molecule is Cc1c[nH]c2ncc(-c3cc4n(n3)CCC43CNC3)cc12. The molecule has 5 heteroatoms. The average Bonchev–Trinajstić information content (AvgIpc) is 3.10. The molecule has 0 atom stereocenters. The zero-order chi connectivity index (χ0) is 14.0. The van der Waals surface area contributed by atoms with E-state index in [-0.39, 0.29) is 0 Å². The van der Waals surface area contributed by atoms with Gasteiger partial charge in [0.05, 0.1) is 5.69 Å². The number of nitrogens with zero attached hydrogens (tertiary/aromatic N) is 3. The number of aryl methyl sites for hydroxylation is 2. The summed E-state index contributed by atoms with van der Waals surface area (Å²) in [6.07, 6.45) is 5.14. The molecule has 0 saturated carbocycles. The lowest BCUT2D eigenvalue weighted by molar-refractivity contribution is 0.276. The molecule has 1 spiro atoms. The Balaban J connectivity index is 1.63. The molecule has 2 aliphatic rings. The molecular weight excluding hydrogens is 262 g/mol. The molecule has 0 amide bonds. The van der Waals surface area contributed by atoms with Gasteiger partial charge in [0.2, 0.25) is 0 Å². The Morgan fingerprint density at radius 1 is 1.29 bits per heavy atom. The predicted octanol–water partition coefficient (Wildman–Crippen LogP) is 1.98. The van der Waals surface area contributed by atoms with Crippen molar-refractivity contribution < 1.29 is 0 Å². The molecule has 2 aliphatic heterocycles. The summed E-state index contributed by atoms with van der Waals surface area (Å²) in [5.74, 6) is 0. The lowest BCUT2D eigenvalue weighted by Crippen LogP contribution is -2.55. The normalized spacial score (nSPS) is 19.1. The van der Waals surface area contributed by atoms with E-state index in [4.69, 9.17) is 5.10 Å². The summed E-state index contributed by atoms with van der Waals surface area (Å²) in [4.78, 5) is 7.71. The van der Waals surface area contributed by atoms with E-state index in [1.54, 1.807) is 0 Å². The Morgan fingerprint density at radius 3 is 3.00 bits per heavy atom. The van der Waals surface area contributed by atoms with E-state index >= 15 is 0 Å². The van der Waals surface area contributed by atoms with Crippen LogP contribution >= 0.6 is 0 Å². The van der Waals surface area contributed by atoms with Crippen LogP contribution in [-0.2, 0) is 12.0 Å². The average molecular weight is 279 g/mol. The fourth-order valence-electron chi connectivity index (χ4n) is 3.66. The Labute approximate surface area is 122 Å². The molecule has 1 saturated heterocycles. The zero-order valence-electron chi connectivity index (χ0n) is 12.0. The van der Waals surface area contributed by atoms with Gasteiger partial charge < -0.3 is 10.3 Å². The largest absolute Gasteiger partial charge is 0.346 e. The molecule has 0 bridgehead atoms. The summed E-state index contributed by atoms with van der Waals surface area (Å²) >= 11 is 0. The van der Waals surface area contributed by atoms with Gasteiger partial charge in [-0.15, -0.1) is 0 Å². The van der Waals surface area contributed by atoms with Gasteiger partial charge in [-0.25, -0.2) is 4.98 Å². The molecule has 0 aliphatic carbocycles. The van der Waals surface area contributed by atoms with Gasteiger partial charge in [0.1, 0.15) is 5.65 Å². The minimum absolute atomic E-state index is 0.340. The van der Waals surface area contributed by atoms with Crippen molar-refractivity contribution in [1.82, 2.24) is 25.1 Å². The number of hydrogen-bond donors (Lipinski definition) is 2. The number of H-pyrrole nitrogens is 1. The van der Waals surface area contributed by atoms with Crippen LogP contribution in [0.1, 0.15) is 17.7 Å². The summed E-state index contributed by atoms with van der Waals surface area (Å²) < 4.78 is 2.18. The summed E-state index contributed by atoms with van der Waals surface area (Å²) in [6, 6.07) is 4.45. The van der Waals surface area contributed by atoms with Crippen LogP contribution in [0.3, 0.4) is 0 Å². The highest BCUT2D eigenvalue weighted by Gasteiger charge is 2.45. The first-order valence-electron chi connectivity index (χ1n) is 7.48. The Kier molecular flexibility index (Phi) is 2.05. The molecule has 21 heavy (non-hydrogen) atoms. The summed E-state index contributed by atoms with van der Waals surface area (Å²) in [7, 11) is 0. The molecule has 3 aromatic rings. The van der Waals surface area contributed by atoms with Gasteiger partial charge in [0.15, 0.2) is 0 Å². The van der Waals surface area contributed by atoms with Crippen LogP contribution in [0.5, 0.6) is 0 Å². The van der Waals surface area contributed by atoms with Crippen LogP contribution in [-0.4, -0.2) is 32.8 Å². The second kappa shape index (κ2) is 3.74. The van der Waals surface area contributed by atoms with Crippen molar-refractivity contribution in [3.05, 3.63) is 35.8 Å². The second-order valence-corrected chi connectivity index (χ2v) is 6.36. The van der Waals surface area contributed by atoms with Crippen molar-refractivity contribution in [1.29, 1.82) is 0 Å². The highest BCUT2D eigenvalue weighted by Crippen LogP contribution is 2.39. The van der Waals surface area contributed by atoms with Crippen LogP contribution in [0.4, 0.5) is 0 Å². The minimum atomic E-state index is 0.340. The van der Waals surface area contributed by atoms with Crippen molar-refractivity contribution in [3.8, 4) is 11.3 Å². The van der Waals surface area contributed by atoms with Crippen molar-refractivity contribution in [2.24, 2.45) is 0 Å². The van der Waals surface area contributed by atoms with Crippen LogP contribution in [0, 0.1) is 6.92 Å². The smallest absolute Gasteiger partial charge is 0.137 e. The van der Waals surface area contributed by atoms with Crippen molar-refractivity contribution in [2.45, 2.75) is 25.3 Å². The Morgan fingerprint density at radius 2 is 2.19 bits per heavy atom. The molecule has 1 fully saturated rings. The maximum Gasteiger partial charge on any atom is 0.137 e. The highest BCUT2D eigenvalue weighted by atomic mass is 15.3. The molecule has 0 unspecified atom stereocenters. The third-order valence-corrected chi connectivity index (χ3v) is 5.09. The van der Waals surface area contributed by atoms with Gasteiger partial charge in [0.25, 0.3) is 0 Å². The minimum Gasteiger partial charge on any atom is -0.346 e. The van der Waals surface area contributed by atoms with Crippen molar-refractivity contribution >= 4 is 11.0 Å². The Hall–Kier alpha value is -2.14. The van der Waals surface area contributed by atoms with Crippen LogP contribution in [0.25, 0.3) is 22.3 Å². The maximum atomic E-state index is 4.80. The number of nitrogens with one attached hydrogen (secondary N) is 2. The first-order chi connectivity index (χ1) is 10.3. The van der Waals surface area contributed by atoms with Crippen molar-refractivity contribution in [2.75, 3.05) is 13.1 Å². The van der Waals surface area contributed by atoms with Crippen LogP contribution < -0.4 is 5.32 Å². The van der Waals surface area contributed by atoms with Gasteiger partial charge in [-0.3, -0.25) is 4.68 Å². The van der Waals surface area contributed by atoms with Gasteiger partial charge in [-0.1, -0.05) is 0 Å². The third kappa shape index (κ3) is 1.44. The van der Waals surface area contributed by atoms with E-state index in [2.05, 4.69) is 39.0 Å². The molecule has 5 rings (SSSR count). The maximum absolute atomic E-state index is 4.80. The summed E-state index contributed by atoms with van der Waals surface area (Å²) in [5, 5.41) is 9.38. The van der Waals surface area contributed by atoms with Crippen LogP contribution in [0.15, 0.2) is 24.5 Å². The van der Waals surface area contributed by atoms with E-state index in [0.717, 1.165) is 36.5 Å². The first-order valence-corrected chi connectivity index (χ1v) is 7.48. The predicted molar refractivity (Wildman–Crippen MR) is 81.2 cm³/mol. The number of hydrogen-bond acceptors (Lipinski definition) is 3. The lowest BCUT2D eigenvalue weighted by atomic mass is 9.77. The van der Waals surface area contributed by atoms with E-state index in [9.17, 15) is 0 Å². The zero-order valence-corrected chi connectivity index (χ0v) is 12.0. The number of fused-ring (bicyclic) bond motifs is 3. The quantitative estimate of drug-likeness (QED) is 0.716. The van der Waals surface area contributed by atoms with E-state index in [0.29, 0.717) is 5.41 Å². The number of aromatic amines is 1. The number of pyridine rings is 1. The first kappa shape index (κ1) is 11.5. The topological polar surface area (TPSA) is 58.5 Å². The molecule has 3 aromatic heterocycles. The Bertz CT molecular complexity index is 853. The second-order valence-electron chi connectivity index (χ2n) is 6.36. The van der Waals surface area contributed by atoms with Crippen LogP contribution in [0.2, 0.25) is 0 Å². The highest BCUT2D eigenvalue weighted by molar-refractivity contribution is 5.83. The standard InChI is InChI=1S/C16H17N5/c1-10-6-18-15-12(10)4-11(7-19-15)13-5-14-16(8-17-9-16)2-3-21(14)20-13/h4-7,17H,2-3,8-9H2,1H3,(H,18,19). The molecular formula is C16H17N5. The number of aromatic nitrogens is 4. The van der Waals surface area contributed by atoms with Gasteiger partial charge in [-0.05, 0) is 31.0 Å². The summed E-state index contributed by atoms with van der Waals surface area (Å²) in [6.45, 7) is 5.32.